The highest BCUT2D eigenvalue weighted by molar-refractivity contribution is 7.93. The van der Waals surface area contributed by atoms with Gasteiger partial charge in [-0.05, 0) is 38.5 Å². The fourth-order valence-electron chi connectivity index (χ4n) is 2.98. The third-order valence-corrected chi connectivity index (χ3v) is 5.85. The Morgan fingerprint density at radius 3 is 2.35 bits per heavy atom. The van der Waals surface area contributed by atoms with Gasteiger partial charge in [0.25, 0.3) is 11.6 Å². The first-order valence-corrected chi connectivity index (χ1v) is 11.8. The highest BCUT2D eigenvalue weighted by atomic mass is 32.2. The molecule has 0 saturated heterocycles. The average Bonchev–Trinajstić information content (AvgIpc) is 3.13. The number of azo groups is 1. The van der Waals surface area contributed by atoms with Crippen LogP contribution in [0.4, 0.5) is 47.8 Å². The molecule has 0 spiro atoms. The third-order valence-electron chi connectivity index (χ3n) is 4.76. The minimum absolute atomic E-state index is 0.0210. The van der Waals surface area contributed by atoms with Gasteiger partial charge >= 0.3 is 21.5 Å². The summed E-state index contributed by atoms with van der Waals surface area (Å²) < 4.78 is 65.5. The molecular weight excluding hydrogens is 473 g/mol. The summed E-state index contributed by atoms with van der Waals surface area (Å²) in [5.74, 6) is -0.273. The number of unbranched alkanes of at least 4 members (excludes halogenated alkanes) is 1. The topological polar surface area (TPSA) is 101 Å². The molecule has 14 heteroatoms. The molecule has 10 nitrogen and oxygen atoms in total. The first-order chi connectivity index (χ1) is 16.0. The van der Waals surface area contributed by atoms with Crippen LogP contribution >= 0.6 is 0 Å². The van der Waals surface area contributed by atoms with E-state index < -0.39 is 21.2 Å². The van der Waals surface area contributed by atoms with Crippen LogP contribution < -0.4 is 9.62 Å². The van der Waals surface area contributed by atoms with Crippen LogP contribution in [0.2, 0.25) is 0 Å². The van der Waals surface area contributed by atoms with Gasteiger partial charge in [-0.15, -0.1) is 5.11 Å². The van der Waals surface area contributed by atoms with Gasteiger partial charge in [0.1, 0.15) is 5.69 Å². The van der Waals surface area contributed by atoms with Gasteiger partial charge in [-0.1, -0.05) is 36.6 Å². The van der Waals surface area contributed by atoms with E-state index in [0.717, 1.165) is 6.42 Å². The molecule has 0 aliphatic rings. The zero-order chi connectivity index (χ0) is 25.5. The largest absolute Gasteiger partial charge is 0.516 e. The number of sulfonamides is 1. The van der Waals surface area contributed by atoms with Gasteiger partial charge in [-0.3, -0.25) is 4.72 Å². The quantitative estimate of drug-likeness (QED) is 0.308. The van der Waals surface area contributed by atoms with Gasteiger partial charge in [-0.2, -0.15) is 21.6 Å². The normalized spacial score (nSPS) is 11.9. The first-order valence-electron chi connectivity index (χ1n) is 10.3. The molecule has 0 amide bonds. The average molecular weight is 497 g/mol. The number of hydrogen-bond acceptors (Lipinski definition) is 6. The van der Waals surface area contributed by atoms with Gasteiger partial charge in [-0.25, -0.2) is 4.57 Å². The van der Waals surface area contributed by atoms with Gasteiger partial charge in [0.2, 0.25) is 0 Å². The molecule has 0 atom stereocenters. The van der Waals surface area contributed by atoms with Crippen LogP contribution in [-0.4, -0.2) is 36.6 Å². The second-order valence-electron chi connectivity index (χ2n) is 6.91. The lowest BCUT2D eigenvalue weighted by molar-refractivity contribution is -0.0429. The maximum Gasteiger partial charge on any atom is 0.516 e. The highest BCUT2D eigenvalue weighted by Crippen LogP contribution is 2.37. The number of benzene rings is 1. The van der Waals surface area contributed by atoms with Crippen LogP contribution in [0.15, 0.2) is 28.4 Å². The maximum absolute atomic E-state index is 13.0. The summed E-state index contributed by atoms with van der Waals surface area (Å²) in [4.78, 5) is 12.3. The number of hydrogen-bond donors (Lipinski definition) is 1. The Morgan fingerprint density at radius 1 is 1.15 bits per heavy atom. The van der Waals surface area contributed by atoms with Crippen molar-refractivity contribution >= 4 is 44.7 Å². The Bertz CT molecular complexity index is 1240. The molecule has 0 saturated carbocycles. The van der Waals surface area contributed by atoms with Crippen molar-refractivity contribution in [3.05, 3.63) is 41.0 Å². The fourth-order valence-corrected chi connectivity index (χ4v) is 3.55. The Balaban J connectivity index is 2.60. The summed E-state index contributed by atoms with van der Waals surface area (Å²) in [5, 5.41) is 7.84. The lowest BCUT2D eigenvalue weighted by Crippen LogP contribution is -2.30. The van der Waals surface area contributed by atoms with Crippen molar-refractivity contribution in [2.24, 2.45) is 10.2 Å². The summed E-state index contributed by atoms with van der Waals surface area (Å²) in [7, 11) is -5.71. The summed E-state index contributed by atoms with van der Waals surface area (Å²) in [6, 6.07) is 4.14. The van der Waals surface area contributed by atoms with Crippen molar-refractivity contribution in [3.63, 3.8) is 0 Å². The van der Waals surface area contributed by atoms with Crippen LogP contribution in [0.3, 0.4) is 0 Å². The first kappa shape index (κ1) is 26.6. The van der Waals surface area contributed by atoms with E-state index >= 15 is 0 Å². The lowest BCUT2D eigenvalue weighted by Gasteiger charge is -2.22. The SMILES string of the molecule is [C-]#[N+]c1nc(N=Nc2ccc(N(CC)CC)cc2NS(=O)(=O)C(F)(F)F)n(CCCC)c1[N+]#[C-]. The van der Waals surface area contributed by atoms with E-state index in [1.165, 1.54) is 21.4 Å². The molecular formula is C20H23F3N8O2S. The Labute approximate surface area is 195 Å². The Kier molecular flexibility index (Phi) is 8.59. The van der Waals surface area contributed by atoms with Crippen molar-refractivity contribution in [1.29, 1.82) is 0 Å². The van der Waals surface area contributed by atoms with Gasteiger partial charge < -0.3 is 14.6 Å². The Morgan fingerprint density at radius 2 is 1.82 bits per heavy atom. The third kappa shape index (κ3) is 5.82. The molecule has 2 aromatic rings. The van der Waals surface area contributed by atoms with E-state index in [-0.39, 0.29) is 23.3 Å². The number of aromatic nitrogens is 2. The number of halogens is 3. The van der Waals surface area contributed by atoms with Gasteiger partial charge in [0.05, 0.1) is 12.2 Å². The number of nitrogens with zero attached hydrogens (tertiary/aromatic N) is 7. The number of imidazole rings is 1. The molecule has 1 heterocycles. The van der Waals surface area contributed by atoms with E-state index in [1.807, 2.05) is 25.7 Å². The summed E-state index contributed by atoms with van der Waals surface area (Å²) in [6.07, 6.45) is 1.45. The number of anilines is 2. The molecule has 2 rings (SSSR count). The molecule has 0 aliphatic heterocycles. The van der Waals surface area contributed by atoms with E-state index in [1.54, 1.807) is 6.07 Å². The molecule has 1 aromatic heterocycles. The van der Waals surface area contributed by atoms with Crippen LogP contribution in [-0.2, 0) is 16.6 Å². The second-order valence-corrected chi connectivity index (χ2v) is 8.59. The van der Waals surface area contributed by atoms with Crippen molar-refractivity contribution < 1.29 is 21.6 Å². The van der Waals surface area contributed by atoms with E-state index in [0.29, 0.717) is 31.7 Å². The van der Waals surface area contributed by atoms with Crippen LogP contribution in [0.5, 0.6) is 0 Å². The predicted molar refractivity (Wildman–Crippen MR) is 122 cm³/mol. The summed E-state index contributed by atoms with van der Waals surface area (Å²) >= 11 is 0. The zero-order valence-corrected chi connectivity index (χ0v) is 19.6. The molecule has 1 aromatic carbocycles. The van der Waals surface area contributed by atoms with Crippen LogP contribution in [0.1, 0.15) is 33.6 Å². The molecule has 0 bridgehead atoms. The van der Waals surface area contributed by atoms with Crippen LogP contribution in [0, 0.1) is 13.1 Å². The molecule has 0 unspecified atom stereocenters. The predicted octanol–water partition coefficient (Wildman–Crippen LogP) is 6.31. The molecule has 0 fully saturated rings. The number of alkyl halides is 3. The number of nitrogens with one attached hydrogen (secondary N) is 1. The van der Waals surface area contributed by atoms with Crippen molar-refractivity contribution in [1.82, 2.24) is 9.55 Å². The molecule has 182 valence electrons. The standard InChI is InChI=1S/C20H23F3N8O2S/c1-6-9-12-31-18(25-5)17(24-4)26-19(31)28-27-15-11-10-14(30(7-2)8-3)13-16(15)29-34(32,33)20(21,22)23/h10-11,13,29H,6-9,12H2,1-3H3. The van der Waals surface area contributed by atoms with Crippen molar-refractivity contribution in [3.8, 4) is 0 Å². The minimum atomic E-state index is -5.71. The van der Waals surface area contributed by atoms with E-state index in [9.17, 15) is 21.6 Å². The van der Waals surface area contributed by atoms with E-state index in [4.69, 9.17) is 13.1 Å². The maximum atomic E-state index is 13.0. The van der Waals surface area contributed by atoms with Gasteiger partial charge in [0.15, 0.2) is 0 Å². The summed E-state index contributed by atoms with van der Waals surface area (Å²) in [5.41, 5.74) is -5.66. The smallest absolute Gasteiger partial charge is 0.373 e. The van der Waals surface area contributed by atoms with Crippen molar-refractivity contribution in [2.75, 3.05) is 22.7 Å². The lowest BCUT2D eigenvalue weighted by atomic mass is 10.2. The fraction of sp³-hybridized carbons (Fsp3) is 0.450. The van der Waals surface area contributed by atoms with Crippen LogP contribution in [0.25, 0.3) is 9.69 Å². The molecule has 0 radical (unpaired) electrons. The highest BCUT2D eigenvalue weighted by Gasteiger charge is 2.46. The second kappa shape index (κ2) is 11.0. The molecule has 1 N–H and O–H groups in total. The zero-order valence-electron chi connectivity index (χ0n) is 18.8. The Hall–Kier alpha value is -3.65. The molecule has 34 heavy (non-hydrogen) atoms. The minimum Gasteiger partial charge on any atom is -0.373 e. The molecule has 0 aliphatic carbocycles. The van der Waals surface area contributed by atoms with E-state index in [2.05, 4.69) is 24.9 Å². The number of rotatable bonds is 10. The van der Waals surface area contributed by atoms with Crippen molar-refractivity contribution in [2.45, 2.75) is 45.7 Å². The van der Waals surface area contributed by atoms with Gasteiger partial charge in [0, 0.05) is 18.8 Å². The monoisotopic (exact) mass is 496 g/mol. The summed E-state index contributed by atoms with van der Waals surface area (Å²) in [6.45, 7) is 21.6.